The molecule has 0 radical (unpaired) electrons. The first-order valence-electron chi connectivity index (χ1n) is 9.29. The van der Waals surface area contributed by atoms with Crippen LogP contribution < -0.4 is 14.2 Å². The summed E-state index contributed by atoms with van der Waals surface area (Å²) in [5, 5.41) is 17.7. The van der Waals surface area contributed by atoms with E-state index in [1.54, 1.807) is 37.4 Å². The van der Waals surface area contributed by atoms with Crippen LogP contribution in [0.4, 0.5) is 4.39 Å². The van der Waals surface area contributed by atoms with Gasteiger partial charge >= 0.3 is 0 Å². The molecule has 0 saturated carbocycles. The first-order valence-corrected chi connectivity index (χ1v) is 9.66. The van der Waals surface area contributed by atoms with Crippen LogP contribution in [-0.2, 0) is 6.61 Å². The van der Waals surface area contributed by atoms with Crippen LogP contribution in [0.5, 0.6) is 28.7 Å². The zero-order valence-electron chi connectivity index (χ0n) is 16.4. The van der Waals surface area contributed by atoms with E-state index in [1.807, 2.05) is 12.1 Å². The Kier molecular flexibility index (Phi) is 5.95. The van der Waals surface area contributed by atoms with Crippen LogP contribution >= 0.6 is 11.6 Å². The molecule has 8 heteroatoms. The fourth-order valence-electron chi connectivity index (χ4n) is 2.95. The number of hydrogen-bond donors (Lipinski definition) is 2. The highest BCUT2D eigenvalue weighted by Crippen LogP contribution is 2.38. The van der Waals surface area contributed by atoms with Gasteiger partial charge in [-0.2, -0.15) is 5.10 Å². The highest BCUT2D eigenvalue weighted by Gasteiger charge is 2.15. The molecule has 0 bridgehead atoms. The van der Waals surface area contributed by atoms with Gasteiger partial charge in [0.25, 0.3) is 0 Å². The molecule has 31 heavy (non-hydrogen) atoms. The Balaban J connectivity index is 1.51. The van der Waals surface area contributed by atoms with E-state index in [1.165, 1.54) is 24.4 Å². The smallest absolute Gasteiger partial charge is 0.173 e. The third-order valence-corrected chi connectivity index (χ3v) is 4.87. The van der Waals surface area contributed by atoms with Crippen LogP contribution in [0, 0.1) is 5.82 Å². The minimum Gasteiger partial charge on any atom is -0.507 e. The molecule has 2 N–H and O–H groups in total. The molecule has 1 heterocycles. The predicted octanol–water partition coefficient (Wildman–Crippen LogP) is 5.95. The minimum absolute atomic E-state index is 0.0255. The molecule has 3 aromatic carbocycles. The average Bonchev–Trinajstić information content (AvgIpc) is 3.21. The molecule has 0 spiro atoms. The maximum absolute atomic E-state index is 13.2. The third-order valence-electron chi connectivity index (χ3n) is 4.52. The molecule has 158 valence electrons. The van der Waals surface area contributed by atoms with Gasteiger partial charge in [0.05, 0.1) is 18.3 Å². The SMILES string of the molecule is COc1cccc(Oc2cn[nH]c2-c2ccc(OCc3ccc(F)cc3Cl)cc2O)c1. The molecule has 0 saturated heterocycles. The second-order valence-corrected chi connectivity index (χ2v) is 7.00. The van der Waals surface area contributed by atoms with Crippen LogP contribution in [0.25, 0.3) is 11.3 Å². The normalized spacial score (nSPS) is 10.7. The number of nitrogens with zero attached hydrogens (tertiary/aromatic N) is 1. The van der Waals surface area contributed by atoms with Crippen molar-refractivity contribution in [3.63, 3.8) is 0 Å². The number of benzene rings is 3. The number of aromatic amines is 1. The first-order chi connectivity index (χ1) is 15.0. The number of H-pyrrole nitrogens is 1. The fourth-order valence-corrected chi connectivity index (χ4v) is 3.17. The van der Waals surface area contributed by atoms with E-state index in [-0.39, 0.29) is 17.4 Å². The first kappa shape index (κ1) is 20.6. The van der Waals surface area contributed by atoms with Crippen molar-refractivity contribution in [1.82, 2.24) is 10.2 Å². The lowest BCUT2D eigenvalue weighted by molar-refractivity contribution is 0.304. The summed E-state index contributed by atoms with van der Waals surface area (Å²) in [6, 6.07) is 16.1. The third kappa shape index (κ3) is 4.73. The number of rotatable bonds is 7. The number of hydrogen-bond acceptors (Lipinski definition) is 5. The monoisotopic (exact) mass is 440 g/mol. The van der Waals surface area contributed by atoms with Gasteiger partial charge in [-0.1, -0.05) is 23.7 Å². The van der Waals surface area contributed by atoms with Crippen molar-refractivity contribution in [2.45, 2.75) is 6.61 Å². The molecule has 6 nitrogen and oxygen atoms in total. The van der Waals surface area contributed by atoms with Crippen molar-refractivity contribution >= 4 is 11.6 Å². The van der Waals surface area contributed by atoms with Crippen molar-refractivity contribution in [2.75, 3.05) is 7.11 Å². The number of ether oxygens (including phenoxy) is 3. The van der Waals surface area contributed by atoms with Gasteiger partial charge < -0.3 is 19.3 Å². The van der Waals surface area contributed by atoms with Gasteiger partial charge in [0, 0.05) is 23.3 Å². The summed E-state index contributed by atoms with van der Waals surface area (Å²) in [7, 11) is 1.58. The van der Waals surface area contributed by atoms with Gasteiger partial charge in [-0.15, -0.1) is 0 Å². The van der Waals surface area contributed by atoms with Crippen LogP contribution in [0.1, 0.15) is 5.56 Å². The highest BCUT2D eigenvalue weighted by molar-refractivity contribution is 6.31. The molecule has 0 fully saturated rings. The Labute approximate surface area is 182 Å². The van der Waals surface area contributed by atoms with Gasteiger partial charge in [0.15, 0.2) is 5.75 Å². The second-order valence-electron chi connectivity index (χ2n) is 6.59. The van der Waals surface area contributed by atoms with Gasteiger partial charge in [-0.25, -0.2) is 4.39 Å². The van der Waals surface area contributed by atoms with E-state index < -0.39 is 5.82 Å². The summed E-state index contributed by atoms with van der Waals surface area (Å²) in [6.45, 7) is 0.131. The van der Waals surface area contributed by atoms with Crippen molar-refractivity contribution in [3.8, 4) is 40.0 Å². The summed E-state index contributed by atoms with van der Waals surface area (Å²) in [4.78, 5) is 0. The summed E-state index contributed by atoms with van der Waals surface area (Å²) in [5.41, 5.74) is 1.63. The predicted molar refractivity (Wildman–Crippen MR) is 114 cm³/mol. The molecule has 0 unspecified atom stereocenters. The van der Waals surface area contributed by atoms with E-state index in [4.69, 9.17) is 25.8 Å². The standard InChI is InChI=1S/C23H18ClFN2O4/c1-29-16-3-2-4-18(10-16)31-22-12-26-27-23(22)19-8-7-17(11-21(19)28)30-13-14-5-6-15(25)9-20(14)24/h2-12,28H,13H2,1H3,(H,26,27). The Morgan fingerprint density at radius 3 is 2.65 bits per heavy atom. The molecular formula is C23H18ClFN2O4. The number of aromatic hydroxyl groups is 1. The van der Waals surface area contributed by atoms with Crippen LogP contribution in [0.2, 0.25) is 5.02 Å². The Morgan fingerprint density at radius 2 is 1.87 bits per heavy atom. The molecule has 0 atom stereocenters. The number of methoxy groups -OCH3 is 1. The van der Waals surface area contributed by atoms with E-state index in [0.29, 0.717) is 39.8 Å². The van der Waals surface area contributed by atoms with Gasteiger partial charge in [0.1, 0.15) is 41.1 Å². The topological polar surface area (TPSA) is 76.6 Å². The lowest BCUT2D eigenvalue weighted by Crippen LogP contribution is -1.97. The van der Waals surface area contributed by atoms with E-state index in [9.17, 15) is 9.50 Å². The summed E-state index contributed by atoms with van der Waals surface area (Å²) < 4.78 is 30.0. The maximum Gasteiger partial charge on any atom is 0.173 e. The summed E-state index contributed by atoms with van der Waals surface area (Å²) in [5.74, 6) is 1.65. The van der Waals surface area contributed by atoms with Gasteiger partial charge in [-0.05, 0) is 36.4 Å². The second kappa shape index (κ2) is 8.97. The zero-order valence-corrected chi connectivity index (χ0v) is 17.2. The van der Waals surface area contributed by atoms with Crippen molar-refractivity contribution in [2.24, 2.45) is 0 Å². The molecule has 1 aromatic heterocycles. The summed E-state index contributed by atoms with van der Waals surface area (Å²) >= 11 is 6.02. The van der Waals surface area contributed by atoms with Crippen molar-refractivity contribution in [1.29, 1.82) is 0 Å². The highest BCUT2D eigenvalue weighted by atomic mass is 35.5. The Bertz CT molecular complexity index is 1210. The van der Waals surface area contributed by atoms with Gasteiger partial charge in [-0.3, -0.25) is 5.10 Å². The number of halogens is 2. The molecule has 0 amide bonds. The number of phenols is 1. The molecule has 0 aliphatic carbocycles. The van der Waals surface area contributed by atoms with Crippen LogP contribution in [-0.4, -0.2) is 22.4 Å². The zero-order chi connectivity index (χ0) is 21.8. The molecule has 4 aromatic rings. The Morgan fingerprint density at radius 1 is 1.03 bits per heavy atom. The minimum atomic E-state index is -0.415. The number of aromatic nitrogens is 2. The molecule has 0 aliphatic rings. The molecule has 0 aliphatic heterocycles. The molecule has 4 rings (SSSR count). The van der Waals surface area contributed by atoms with Crippen LogP contribution in [0.3, 0.4) is 0 Å². The number of nitrogens with one attached hydrogen (secondary N) is 1. The largest absolute Gasteiger partial charge is 0.507 e. The van der Waals surface area contributed by atoms with Crippen LogP contribution in [0.15, 0.2) is 66.9 Å². The fraction of sp³-hybridized carbons (Fsp3) is 0.0870. The lowest BCUT2D eigenvalue weighted by atomic mass is 10.1. The van der Waals surface area contributed by atoms with Crippen molar-refractivity contribution < 1.29 is 23.7 Å². The molecular weight excluding hydrogens is 423 g/mol. The maximum atomic E-state index is 13.2. The van der Waals surface area contributed by atoms with E-state index >= 15 is 0 Å². The lowest BCUT2D eigenvalue weighted by Gasteiger charge is -2.11. The number of phenolic OH excluding ortho intramolecular Hbond substituents is 1. The Hall–Kier alpha value is -3.71. The summed E-state index contributed by atoms with van der Waals surface area (Å²) in [6.07, 6.45) is 1.52. The van der Waals surface area contributed by atoms with E-state index in [2.05, 4.69) is 10.2 Å². The average molecular weight is 441 g/mol. The van der Waals surface area contributed by atoms with E-state index in [0.717, 1.165) is 0 Å². The van der Waals surface area contributed by atoms with Crippen molar-refractivity contribution in [3.05, 3.63) is 83.3 Å². The van der Waals surface area contributed by atoms with Gasteiger partial charge in [0.2, 0.25) is 0 Å². The quantitative estimate of drug-likeness (QED) is 0.371.